The highest BCUT2D eigenvalue weighted by Gasteiger charge is 2.09. The van der Waals surface area contributed by atoms with Crippen molar-refractivity contribution in [3.8, 4) is 0 Å². The van der Waals surface area contributed by atoms with Gasteiger partial charge in [-0.05, 0) is 25.5 Å². The first-order valence-electron chi connectivity index (χ1n) is 4.81. The molecule has 0 unspecified atom stereocenters. The fourth-order valence-corrected chi connectivity index (χ4v) is 1.60. The lowest BCUT2D eigenvalue weighted by Gasteiger charge is -2.12. The van der Waals surface area contributed by atoms with Crippen molar-refractivity contribution in [1.29, 1.82) is 0 Å². The number of rotatable bonds is 5. The second-order valence-corrected chi connectivity index (χ2v) is 3.63. The van der Waals surface area contributed by atoms with Crippen LogP contribution in [0.3, 0.4) is 0 Å². The van der Waals surface area contributed by atoms with Gasteiger partial charge in [0.2, 0.25) is 0 Å². The molecule has 0 aliphatic heterocycles. The minimum atomic E-state index is -0.0252. The number of pyridine rings is 1. The maximum atomic E-state index is 5.97. The Morgan fingerprint density at radius 1 is 1.43 bits per heavy atom. The molecule has 0 radical (unpaired) electrons. The molecule has 0 amide bonds. The van der Waals surface area contributed by atoms with E-state index in [1.165, 1.54) is 0 Å². The highest BCUT2D eigenvalue weighted by atomic mass is 35.5. The van der Waals surface area contributed by atoms with Crippen molar-refractivity contribution in [1.82, 2.24) is 4.98 Å². The molecule has 78 valence electrons. The summed E-state index contributed by atoms with van der Waals surface area (Å²) in [4.78, 5) is 3.99. The number of hydrogen-bond acceptors (Lipinski definition) is 3. The molecule has 3 nitrogen and oxygen atoms in total. The molecule has 0 aliphatic rings. The molecule has 0 aromatic carbocycles. The Bertz CT molecular complexity index is 278. The SMILES string of the molecule is NCCCC[C@@H](N)c1cccnc1Cl. The summed E-state index contributed by atoms with van der Waals surface area (Å²) in [7, 11) is 0. The average Bonchev–Trinajstić information content (AvgIpc) is 2.18. The zero-order valence-electron chi connectivity index (χ0n) is 8.12. The van der Waals surface area contributed by atoms with Crippen LogP contribution < -0.4 is 11.5 Å². The van der Waals surface area contributed by atoms with Crippen LogP contribution in [0.15, 0.2) is 18.3 Å². The Kier molecular flexibility index (Phi) is 4.87. The lowest BCUT2D eigenvalue weighted by molar-refractivity contribution is 0.590. The second-order valence-electron chi connectivity index (χ2n) is 3.27. The third-order valence-electron chi connectivity index (χ3n) is 2.16. The lowest BCUT2D eigenvalue weighted by Crippen LogP contribution is -2.12. The van der Waals surface area contributed by atoms with Crippen LogP contribution in [0.5, 0.6) is 0 Å². The standard InChI is InChI=1S/C10H16ClN3/c11-10-8(4-3-7-14-10)9(13)5-1-2-6-12/h3-4,7,9H,1-2,5-6,12-13H2/t9-/m1/s1. The molecule has 0 spiro atoms. The van der Waals surface area contributed by atoms with Crippen LogP contribution >= 0.6 is 11.6 Å². The van der Waals surface area contributed by atoms with Crippen molar-refractivity contribution in [2.24, 2.45) is 11.5 Å². The number of nitrogens with zero attached hydrogens (tertiary/aromatic N) is 1. The predicted octanol–water partition coefficient (Wildman–Crippen LogP) is 1.86. The Morgan fingerprint density at radius 2 is 2.21 bits per heavy atom. The van der Waals surface area contributed by atoms with Crippen LogP contribution in [0.25, 0.3) is 0 Å². The van der Waals surface area contributed by atoms with E-state index in [2.05, 4.69) is 4.98 Å². The molecule has 0 aliphatic carbocycles. The van der Waals surface area contributed by atoms with E-state index in [0.29, 0.717) is 11.7 Å². The quantitative estimate of drug-likeness (QED) is 0.580. The first kappa shape index (κ1) is 11.4. The second kappa shape index (κ2) is 5.96. The zero-order valence-corrected chi connectivity index (χ0v) is 8.87. The van der Waals surface area contributed by atoms with Gasteiger partial charge in [-0.3, -0.25) is 0 Å². The molecule has 0 fully saturated rings. The monoisotopic (exact) mass is 213 g/mol. The van der Waals surface area contributed by atoms with Crippen LogP contribution in [0.4, 0.5) is 0 Å². The summed E-state index contributed by atoms with van der Waals surface area (Å²) in [5.74, 6) is 0. The van der Waals surface area contributed by atoms with Gasteiger partial charge in [-0.2, -0.15) is 0 Å². The Labute approximate surface area is 89.5 Å². The summed E-state index contributed by atoms with van der Waals surface area (Å²) in [5.41, 5.74) is 12.3. The summed E-state index contributed by atoms with van der Waals surface area (Å²) in [5, 5.41) is 0.507. The third kappa shape index (κ3) is 3.25. The van der Waals surface area contributed by atoms with Crippen molar-refractivity contribution in [2.45, 2.75) is 25.3 Å². The first-order valence-corrected chi connectivity index (χ1v) is 5.19. The predicted molar refractivity (Wildman–Crippen MR) is 59.1 cm³/mol. The Morgan fingerprint density at radius 3 is 2.86 bits per heavy atom. The number of hydrogen-bond donors (Lipinski definition) is 2. The smallest absolute Gasteiger partial charge is 0.133 e. The van der Waals surface area contributed by atoms with Crippen molar-refractivity contribution in [3.05, 3.63) is 29.0 Å². The normalized spacial score (nSPS) is 12.8. The summed E-state index contributed by atoms with van der Waals surface area (Å²) in [6.45, 7) is 0.716. The molecule has 14 heavy (non-hydrogen) atoms. The van der Waals surface area contributed by atoms with E-state index >= 15 is 0 Å². The van der Waals surface area contributed by atoms with Crippen molar-refractivity contribution >= 4 is 11.6 Å². The van der Waals surface area contributed by atoms with Gasteiger partial charge in [0, 0.05) is 17.8 Å². The van der Waals surface area contributed by atoms with Crippen molar-refractivity contribution in [2.75, 3.05) is 6.54 Å². The zero-order chi connectivity index (χ0) is 10.4. The van der Waals surface area contributed by atoms with Gasteiger partial charge in [-0.25, -0.2) is 4.98 Å². The van der Waals surface area contributed by atoms with E-state index in [1.54, 1.807) is 6.20 Å². The largest absolute Gasteiger partial charge is 0.330 e. The molecule has 0 saturated heterocycles. The molecule has 1 atom stereocenters. The summed E-state index contributed by atoms with van der Waals surface area (Å²) in [6.07, 6.45) is 4.61. The number of nitrogens with two attached hydrogens (primary N) is 2. The third-order valence-corrected chi connectivity index (χ3v) is 2.47. The van der Waals surface area contributed by atoms with Crippen LogP contribution in [-0.2, 0) is 0 Å². The molecular weight excluding hydrogens is 198 g/mol. The van der Waals surface area contributed by atoms with Crippen molar-refractivity contribution < 1.29 is 0 Å². The van der Waals surface area contributed by atoms with Gasteiger partial charge >= 0.3 is 0 Å². The fourth-order valence-electron chi connectivity index (χ4n) is 1.34. The summed E-state index contributed by atoms with van der Waals surface area (Å²) in [6, 6.07) is 3.75. The Balaban J connectivity index is 2.51. The van der Waals surface area contributed by atoms with Crippen LogP contribution in [0, 0.1) is 0 Å². The molecule has 4 heteroatoms. The highest BCUT2D eigenvalue weighted by Crippen LogP contribution is 2.22. The molecule has 4 N–H and O–H groups in total. The molecule has 0 bridgehead atoms. The summed E-state index contributed by atoms with van der Waals surface area (Å²) < 4.78 is 0. The molecule has 1 rings (SSSR count). The molecule has 0 saturated carbocycles. The number of halogens is 1. The minimum Gasteiger partial charge on any atom is -0.330 e. The van der Waals surface area contributed by atoms with E-state index in [-0.39, 0.29) is 6.04 Å². The van der Waals surface area contributed by atoms with Gasteiger partial charge in [0.05, 0.1) is 0 Å². The maximum Gasteiger partial charge on any atom is 0.133 e. The number of unbranched alkanes of at least 4 members (excludes halogenated alkanes) is 1. The highest BCUT2D eigenvalue weighted by molar-refractivity contribution is 6.30. The van der Waals surface area contributed by atoms with E-state index in [9.17, 15) is 0 Å². The molecule has 1 aromatic rings. The summed E-state index contributed by atoms with van der Waals surface area (Å²) >= 11 is 5.92. The van der Waals surface area contributed by atoms with Gasteiger partial charge in [0.15, 0.2) is 0 Å². The van der Waals surface area contributed by atoms with Gasteiger partial charge in [-0.15, -0.1) is 0 Å². The van der Waals surface area contributed by atoms with Gasteiger partial charge in [0.25, 0.3) is 0 Å². The Hall–Kier alpha value is -0.640. The number of aromatic nitrogens is 1. The van der Waals surface area contributed by atoms with Crippen LogP contribution in [0.2, 0.25) is 5.15 Å². The molecular formula is C10H16ClN3. The topological polar surface area (TPSA) is 64.9 Å². The van der Waals surface area contributed by atoms with Gasteiger partial charge < -0.3 is 11.5 Å². The first-order chi connectivity index (χ1) is 6.75. The minimum absolute atomic E-state index is 0.0252. The van der Waals surface area contributed by atoms with Gasteiger partial charge in [-0.1, -0.05) is 24.1 Å². The molecule has 1 heterocycles. The average molecular weight is 214 g/mol. The van der Waals surface area contributed by atoms with Crippen molar-refractivity contribution in [3.63, 3.8) is 0 Å². The maximum absolute atomic E-state index is 5.97. The lowest BCUT2D eigenvalue weighted by atomic mass is 10.0. The fraction of sp³-hybridized carbons (Fsp3) is 0.500. The van der Waals surface area contributed by atoms with E-state index < -0.39 is 0 Å². The van der Waals surface area contributed by atoms with Gasteiger partial charge in [0.1, 0.15) is 5.15 Å². The molecule has 1 aromatic heterocycles. The van der Waals surface area contributed by atoms with E-state index in [0.717, 1.165) is 24.8 Å². The van der Waals surface area contributed by atoms with E-state index in [1.807, 2.05) is 12.1 Å². The van der Waals surface area contributed by atoms with Crippen LogP contribution in [-0.4, -0.2) is 11.5 Å². The van der Waals surface area contributed by atoms with E-state index in [4.69, 9.17) is 23.1 Å². The van der Waals surface area contributed by atoms with Crippen LogP contribution in [0.1, 0.15) is 30.9 Å².